The van der Waals surface area contributed by atoms with E-state index in [1.54, 1.807) is 7.11 Å². The molecule has 0 aromatic carbocycles. The first-order valence-electron chi connectivity index (χ1n) is 7.06. The van der Waals surface area contributed by atoms with Gasteiger partial charge in [-0.1, -0.05) is 0 Å². The Morgan fingerprint density at radius 1 is 1.30 bits per heavy atom. The van der Waals surface area contributed by atoms with E-state index in [0.717, 1.165) is 32.6 Å². The lowest BCUT2D eigenvalue weighted by molar-refractivity contribution is -0.124. The van der Waals surface area contributed by atoms with Crippen LogP contribution in [0.1, 0.15) is 19.3 Å². The quantitative estimate of drug-likeness (QED) is 0.749. The first-order chi connectivity index (χ1) is 9.70. The average Bonchev–Trinajstić information content (AvgIpc) is 2.70. The molecule has 0 aromatic rings. The molecular formula is C13H22N4O3. The third-order valence-electron chi connectivity index (χ3n) is 3.64. The minimum Gasteiger partial charge on any atom is -0.383 e. The molecule has 0 radical (unpaired) electrons. The summed E-state index contributed by atoms with van der Waals surface area (Å²) >= 11 is 0. The first kappa shape index (κ1) is 14.9. The minimum atomic E-state index is -0.122. The summed E-state index contributed by atoms with van der Waals surface area (Å²) in [5.74, 6) is -0.165. The van der Waals surface area contributed by atoms with E-state index in [1.807, 2.05) is 4.90 Å². The van der Waals surface area contributed by atoms with E-state index >= 15 is 0 Å². The molecule has 20 heavy (non-hydrogen) atoms. The Morgan fingerprint density at radius 3 is 2.85 bits per heavy atom. The Balaban J connectivity index is 1.86. The molecule has 0 saturated carbocycles. The molecule has 0 aliphatic carbocycles. The number of rotatable bonds is 4. The van der Waals surface area contributed by atoms with Crippen LogP contribution >= 0.6 is 0 Å². The summed E-state index contributed by atoms with van der Waals surface area (Å²) in [5, 5.41) is 3.88. The van der Waals surface area contributed by atoms with Gasteiger partial charge in [-0.2, -0.15) is 5.10 Å². The molecule has 2 aliphatic rings. The van der Waals surface area contributed by atoms with E-state index in [4.69, 9.17) is 4.74 Å². The van der Waals surface area contributed by atoms with Gasteiger partial charge in [0.1, 0.15) is 5.71 Å². The summed E-state index contributed by atoms with van der Waals surface area (Å²) < 4.78 is 5.08. The van der Waals surface area contributed by atoms with E-state index < -0.39 is 0 Å². The van der Waals surface area contributed by atoms with Crippen molar-refractivity contribution >= 4 is 17.5 Å². The van der Waals surface area contributed by atoms with Gasteiger partial charge >= 0.3 is 0 Å². The van der Waals surface area contributed by atoms with Crippen LogP contribution in [0.2, 0.25) is 0 Å². The molecule has 0 atom stereocenters. The summed E-state index contributed by atoms with van der Waals surface area (Å²) in [6.07, 6.45) is 1.74. The molecule has 0 bridgehead atoms. The van der Waals surface area contributed by atoms with Crippen molar-refractivity contribution in [2.24, 2.45) is 5.10 Å². The van der Waals surface area contributed by atoms with Gasteiger partial charge in [-0.15, -0.1) is 0 Å². The van der Waals surface area contributed by atoms with Crippen LogP contribution in [0, 0.1) is 0 Å². The molecule has 2 aliphatic heterocycles. The fraction of sp³-hybridized carbons (Fsp3) is 0.769. The van der Waals surface area contributed by atoms with Crippen LogP contribution in [-0.4, -0.2) is 73.8 Å². The number of ether oxygens (including phenoxy) is 1. The van der Waals surface area contributed by atoms with Gasteiger partial charge in [-0.3, -0.25) is 14.5 Å². The Labute approximate surface area is 118 Å². The van der Waals surface area contributed by atoms with Crippen molar-refractivity contribution in [2.45, 2.75) is 19.3 Å². The molecule has 1 N–H and O–H groups in total. The maximum Gasteiger partial charge on any atom is 0.270 e. The molecule has 7 nitrogen and oxygen atoms in total. The van der Waals surface area contributed by atoms with Gasteiger partial charge in [0.25, 0.3) is 5.91 Å². The van der Waals surface area contributed by atoms with Crippen molar-refractivity contribution in [3.8, 4) is 0 Å². The fourth-order valence-corrected chi connectivity index (χ4v) is 2.43. The number of carbonyl (C=O) groups is 2. The lowest BCUT2D eigenvalue weighted by atomic mass is 10.1. The molecule has 7 heteroatoms. The summed E-state index contributed by atoms with van der Waals surface area (Å²) in [6.45, 7) is 4.90. The zero-order valence-electron chi connectivity index (χ0n) is 11.9. The van der Waals surface area contributed by atoms with Crippen LogP contribution in [-0.2, 0) is 14.3 Å². The van der Waals surface area contributed by atoms with E-state index in [2.05, 4.69) is 15.4 Å². The molecular weight excluding hydrogens is 260 g/mol. The van der Waals surface area contributed by atoms with Crippen molar-refractivity contribution in [2.75, 3.05) is 46.4 Å². The number of methoxy groups -OCH3 is 1. The first-order valence-corrected chi connectivity index (χ1v) is 7.06. The molecule has 2 heterocycles. The van der Waals surface area contributed by atoms with Crippen molar-refractivity contribution in [3.05, 3.63) is 0 Å². The summed E-state index contributed by atoms with van der Waals surface area (Å²) in [5.41, 5.74) is 2.85. The Hall–Kier alpha value is -1.47. The van der Waals surface area contributed by atoms with Crippen LogP contribution in [0.3, 0.4) is 0 Å². The number of hydrazone groups is 1. The number of carbonyl (C=O) groups excluding carboxylic acids is 2. The minimum absolute atomic E-state index is 0.0430. The topological polar surface area (TPSA) is 74.2 Å². The molecule has 0 aromatic heterocycles. The van der Waals surface area contributed by atoms with Crippen molar-refractivity contribution in [1.29, 1.82) is 0 Å². The normalized spacial score (nSPS) is 21.1. The van der Waals surface area contributed by atoms with Gasteiger partial charge in [0.05, 0.1) is 6.61 Å². The van der Waals surface area contributed by atoms with Crippen LogP contribution in [0.4, 0.5) is 0 Å². The lowest BCUT2D eigenvalue weighted by Crippen LogP contribution is -2.42. The van der Waals surface area contributed by atoms with Crippen molar-refractivity contribution < 1.29 is 14.3 Å². The van der Waals surface area contributed by atoms with Crippen molar-refractivity contribution in [1.82, 2.24) is 15.2 Å². The van der Waals surface area contributed by atoms with Crippen LogP contribution in [0.25, 0.3) is 0 Å². The highest BCUT2D eigenvalue weighted by Crippen LogP contribution is 2.08. The lowest BCUT2D eigenvalue weighted by Gasteiger charge is -2.23. The zero-order valence-corrected chi connectivity index (χ0v) is 11.9. The smallest absolute Gasteiger partial charge is 0.270 e. The van der Waals surface area contributed by atoms with Gasteiger partial charge in [0.2, 0.25) is 5.91 Å². The highest BCUT2D eigenvalue weighted by molar-refractivity contribution is 6.39. The molecule has 112 valence electrons. The maximum atomic E-state index is 12.3. The van der Waals surface area contributed by atoms with E-state index in [1.165, 1.54) is 0 Å². The number of hydrogen-bond acceptors (Lipinski definition) is 5. The molecule has 1 saturated heterocycles. The van der Waals surface area contributed by atoms with E-state index in [-0.39, 0.29) is 11.8 Å². The monoisotopic (exact) mass is 282 g/mol. The Morgan fingerprint density at radius 2 is 2.15 bits per heavy atom. The third-order valence-corrected chi connectivity index (χ3v) is 3.64. The SMILES string of the molecule is COCCN1CCCN(C(=O)C2=NNC(=O)CC2)CC1. The molecule has 2 amide bonds. The van der Waals surface area contributed by atoms with E-state index in [9.17, 15) is 9.59 Å². The molecule has 0 unspecified atom stereocenters. The third kappa shape index (κ3) is 4.01. The number of nitrogens with zero attached hydrogens (tertiary/aromatic N) is 3. The maximum absolute atomic E-state index is 12.3. The second-order valence-corrected chi connectivity index (χ2v) is 5.07. The number of amides is 2. The second-order valence-electron chi connectivity index (χ2n) is 5.07. The Bertz CT molecular complexity index is 397. The number of hydrogen-bond donors (Lipinski definition) is 1. The van der Waals surface area contributed by atoms with Crippen LogP contribution in [0.15, 0.2) is 5.10 Å². The highest BCUT2D eigenvalue weighted by Gasteiger charge is 2.25. The standard InChI is InChI=1S/C13H22N4O3/c1-20-10-9-16-5-2-6-17(8-7-16)13(19)11-3-4-12(18)15-14-11/h2-10H2,1H3,(H,15,18). The highest BCUT2D eigenvalue weighted by atomic mass is 16.5. The fourth-order valence-electron chi connectivity index (χ4n) is 2.43. The summed E-state index contributed by atoms with van der Waals surface area (Å²) in [6, 6.07) is 0. The van der Waals surface area contributed by atoms with Gasteiger partial charge in [0.15, 0.2) is 0 Å². The van der Waals surface area contributed by atoms with Gasteiger partial charge < -0.3 is 9.64 Å². The Kier molecular flexibility index (Phi) is 5.49. The predicted octanol–water partition coefficient (Wildman–Crippen LogP) is -0.567. The zero-order chi connectivity index (χ0) is 14.4. The van der Waals surface area contributed by atoms with Gasteiger partial charge in [0, 0.05) is 46.1 Å². The summed E-state index contributed by atoms with van der Waals surface area (Å²) in [4.78, 5) is 27.5. The van der Waals surface area contributed by atoms with Gasteiger partial charge in [-0.05, 0) is 13.0 Å². The van der Waals surface area contributed by atoms with Gasteiger partial charge in [-0.25, -0.2) is 5.43 Å². The van der Waals surface area contributed by atoms with Crippen molar-refractivity contribution in [3.63, 3.8) is 0 Å². The summed E-state index contributed by atoms with van der Waals surface area (Å²) in [7, 11) is 1.70. The van der Waals surface area contributed by atoms with Crippen LogP contribution < -0.4 is 5.43 Å². The molecule has 0 spiro atoms. The molecule has 1 fully saturated rings. The number of nitrogens with one attached hydrogen (secondary N) is 1. The van der Waals surface area contributed by atoms with Crippen LogP contribution in [0.5, 0.6) is 0 Å². The predicted molar refractivity (Wildman–Crippen MR) is 74.3 cm³/mol. The largest absolute Gasteiger partial charge is 0.383 e. The second kappa shape index (κ2) is 7.35. The van der Waals surface area contributed by atoms with E-state index in [0.29, 0.717) is 31.7 Å². The molecule has 2 rings (SSSR count). The average molecular weight is 282 g/mol.